The molecule has 0 aliphatic heterocycles. The molecule has 0 fully saturated rings. The highest BCUT2D eigenvalue weighted by Crippen LogP contribution is 2.27. The van der Waals surface area contributed by atoms with E-state index in [1.807, 2.05) is 20.0 Å². The summed E-state index contributed by atoms with van der Waals surface area (Å²) in [5, 5.41) is 5.82. The molecule has 2 rings (SSSR count). The van der Waals surface area contributed by atoms with Crippen molar-refractivity contribution in [3.63, 3.8) is 0 Å². The first-order valence-corrected chi connectivity index (χ1v) is 6.03. The topological polar surface area (TPSA) is 99.8 Å². The van der Waals surface area contributed by atoms with Gasteiger partial charge in [0.2, 0.25) is 0 Å². The van der Waals surface area contributed by atoms with Gasteiger partial charge in [-0.2, -0.15) is 5.10 Å². The summed E-state index contributed by atoms with van der Waals surface area (Å²) >= 11 is 1.40. The predicted molar refractivity (Wildman–Crippen MR) is 69.2 cm³/mol. The maximum absolute atomic E-state index is 11.2. The lowest BCUT2D eigenvalue weighted by molar-refractivity contribution is 0.100. The molecular formula is C11H13N5OS. The van der Waals surface area contributed by atoms with Crippen LogP contribution in [0.5, 0.6) is 0 Å². The Morgan fingerprint density at radius 2 is 2.17 bits per heavy atom. The first-order chi connectivity index (χ1) is 8.47. The minimum absolute atomic E-state index is 0.284. The van der Waals surface area contributed by atoms with Crippen molar-refractivity contribution in [1.82, 2.24) is 14.8 Å². The van der Waals surface area contributed by atoms with E-state index in [1.165, 1.54) is 18.0 Å². The van der Waals surface area contributed by atoms with Gasteiger partial charge in [0.25, 0.3) is 5.91 Å². The Labute approximate surface area is 108 Å². The fourth-order valence-corrected chi connectivity index (χ4v) is 2.40. The number of pyridine rings is 1. The summed E-state index contributed by atoms with van der Waals surface area (Å²) in [5.41, 5.74) is 12.4. The number of amides is 1. The molecule has 0 atom stereocenters. The number of hydrogen-bond donors (Lipinski definition) is 2. The van der Waals surface area contributed by atoms with E-state index in [9.17, 15) is 4.79 Å². The van der Waals surface area contributed by atoms with Gasteiger partial charge in [-0.1, -0.05) is 11.8 Å². The largest absolute Gasteiger partial charge is 0.397 e. The van der Waals surface area contributed by atoms with Crippen LogP contribution in [0, 0.1) is 6.92 Å². The van der Waals surface area contributed by atoms with Crippen LogP contribution in [0.3, 0.4) is 0 Å². The standard InChI is InChI=1S/C11H13N5OS/c1-6-3-10(16(2)15-6)18-9-4-7(11(13)17)8(12)5-14-9/h3-5H,12H2,1-2H3,(H2,13,17). The molecule has 18 heavy (non-hydrogen) atoms. The molecule has 2 aromatic heterocycles. The Bertz CT molecular complexity index is 607. The average molecular weight is 263 g/mol. The third-order valence-electron chi connectivity index (χ3n) is 2.34. The Hall–Kier alpha value is -2.02. The summed E-state index contributed by atoms with van der Waals surface area (Å²) in [7, 11) is 1.85. The van der Waals surface area contributed by atoms with Crippen LogP contribution in [0.4, 0.5) is 5.69 Å². The molecule has 0 aliphatic carbocycles. The number of nitrogens with zero attached hydrogens (tertiary/aromatic N) is 3. The number of anilines is 1. The number of aryl methyl sites for hydroxylation is 2. The van der Waals surface area contributed by atoms with Crippen molar-refractivity contribution in [2.45, 2.75) is 17.0 Å². The molecule has 2 heterocycles. The van der Waals surface area contributed by atoms with Crippen LogP contribution < -0.4 is 11.5 Å². The fourth-order valence-electron chi connectivity index (χ4n) is 1.51. The number of carbonyl (C=O) groups excluding carboxylic acids is 1. The van der Waals surface area contributed by atoms with Crippen LogP contribution in [0.1, 0.15) is 16.1 Å². The highest BCUT2D eigenvalue weighted by molar-refractivity contribution is 7.99. The quantitative estimate of drug-likeness (QED) is 0.859. The second-order valence-electron chi connectivity index (χ2n) is 3.82. The van der Waals surface area contributed by atoms with Crippen molar-refractivity contribution in [3.8, 4) is 0 Å². The molecule has 0 spiro atoms. The molecule has 0 saturated carbocycles. The summed E-state index contributed by atoms with van der Waals surface area (Å²) in [4.78, 5) is 15.3. The number of rotatable bonds is 3. The molecule has 6 nitrogen and oxygen atoms in total. The van der Waals surface area contributed by atoms with E-state index < -0.39 is 5.91 Å². The first kappa shape index (κ1) is 12.4. The zero-order chi connectivity index (χ0) is 13.3. The average Bonchev–Trinajstić information content (AvgIpc) is 2.60. The smallest absolute Gasteiger partial charge is 0.250 e. The van der Waals surface area contributed by atoms with Crippen molar-refractivity contribution in [3.05, 3.63) is 29.6 Å². The minimum atomic E-state index is -0.557. The predicted octanol–water partition coefficient (Wildman–Crippen LogP) is 0.956. The SMILES string of the molecule is Cc1cc(Sc2cc(C(N)=O)c(N)cn2)n(C)n1. The van der Waals surface area contributed by atoms with Gasteiger partial charge in [0.15, 0.2) is 0 Å². The maximum atomic E-state index is 11.2. The van der Waals surface area contributed by atoms with E-state index in [2.05, 4.69) is 10.1 Å². The Balaban J connectivity index is 2.32. The third-order valence-corrected chi connectivity index (χ3v) is 3.37. The van der Waals surface area contributed by atoms with Gasteiger partial charge < -0.3 is 11.5 Å². The van der Waals surface area contributed by atoms with Gasteiger partial charge in [-0.3, -0.25) is 9.48 Å². The van der Waals surface area contributed by atoms with E-state index in [1.54, 1.807) is 10.7 Å². The van der Waals surface area contributed by atoms with Crippen molar-refractivity contribution in [1.29, 1.82) is 0 Å². The van der Waals surface area contributed by atoms with Crippen LogP contribution in [0.15, 0.2) is 28.4 Å². The summed E-state index contributed by atoms with van der Waals surface area (Å²) in [6.45, 7) is 1.91. The first-order valence-electron chi connectivity index (χ1n) is 5.21. The maximum Gasteiger partial charge on any atom is 0.250 e. The van der Waals surface area contributed by atoms with E-state index in [4.69, 9.17) is 11.5 Å². The monoisotopic (exact) mass is 263 g/mol. The molecule has 0 saturated heterocycles. The van der Waals surface area contributed by atoms with Gasteiger partial charge in [0, 0.05) is 7.05 Å². The van der Waals surface area contributed by atoms with Crippen LogP contribution in [-0.2, 0) is 7.05 Å². The van der Waals surface area contributed by atoms with Gasteiger partial charge in [0.05, 0.1) is 23.1 Å². The normalized spacial score (nSPS) is 10.6. The van der Waals surface area contributed by atoms with Crippen LogP contribution >= 0.6 is 11.8 Å². The minimum Gasteiger partial charge on any atom is -0.397 e. The molecule has 1 amide bonds. The molecule has 0 unspecified atom stereocenters. The summed E-state index contributed by atoms with van der Waals surface area (Å²) < 4.78 is 1.75. The van der Waals surface area contributed by atoms with E-state index in [0.717, 1.165) is 10.7 Å². The van der Waals surface area contributed by atoms with Crippen LogP contribution in [0.2, 0.25) is 0 Å². The number of hydrogen-bond acceptors (Lipinski definition) is 5. The molecule has 0 radical (unpaired) electrons. The van der Waals surface area contributed by atoms with E-state index >= 15 is 0 Å². The summed E-state index contributed by atoms with van der Waals surface area (Å²) in [6, 6.07) is 3.53. The Morgan fingerprint density at radius 3 is 2.72 bits per heavy atom. The molecule has 4 N–H and O–H groups in total. The number of primary amides is 1. The molecule has 0 aromatic carbocycles. The number of nitrogens with two attached hydrogens (primary N) is 2. The van der Waals surface area contributed by atoms with Crippen molar-refractivity contribution in [2.24, 2.45) is 12.8 Å². The number of carbonyl (C=O) groups is 1. The lowest BCUT2D eigenvalue weighted by atomic mass is 10.2. The third kappa shape index (κ3) is 2.45. The highest BCUT2D eigenvalue weighted by atomic mass is 32.2. The van der Waals surface area contributed by atoms with Gasteiger partial charge in [-0.05, 0) is 19.1 Å². The summed E-state index contributed by atoms with van der Waals surface area (Å²) in [6.07, 6.45) is 1.44. The van der Waals surface area contributed by atoms with Crippen molar-refractivity contribution >= 4 is 23.4 Å². The van der Waals surface area contributed by atoms with Gasteiger partial charge in [-0.15, -0.1) is 0 Å². The second kappa shape index (κ2) is 4.69. The van der Waals surface area contributed by atoms with Gasteiger partial charge in [0.1, 0.15) is 10.1 Å². The zero-order valence-electron chi connectivity index (χ0n) is 10.0. The Kier molecular flexibility index (Phi) is 3.24. The lowest BCUT2D eigenvalue weighted by Gasteiger charge is -2.04. The van der Waals surface area contributed by atoms with Gasteiger partial charge in [-0.25, -0.2) is 4.98 Å². The van der Waals surface area contributed by atoms with Crippen LogP contribution in [-0.4, -0.2) is 20.7 Å². The Morgan fingerprint density at radius 1 is 1.44 bits per heavy atom. The summed E-state index contributed by atoms with van der Waals surface area (Å²) in [5.74, 6) is -0.557. The zero-order valence-corrected chi connectivity index (χ0v) is 10.9. The molecule has 94 valence electrons. The molecular weight excluding hydrogens is 250 g/mol. The van der Waals surface area contributed by atoms with Crippen LogP contribution in [0.25, 0.3) is 0 Å². The van der Waals surface area contributed by atoms with Crippen molar-refractivity contribution < 1.29 is 4.79 Å². The molecule has 0 bridgehead atoms. The number of nitrogen functional groups attached to an aromatic ring is 1. The van der Waals surface area contributed by atoms with Gasteiger partial charge >= 0.3 is 0 Å². The van der Waals surface area contributed by atoms with E-state index in [0.29, 0.717) is 5.03 Å². The fraction of sp³-hybridized carbons (Fsp3) is 0.182. The van der Waals surface area contributed by atoms with E-state index in [-0.39, 0.29) is 11.3 Å². The lowest BCUT2D eigenvalue weighted by Crippen LogP contribution is -2.13. The molecule has 7 heteroatoms. The molecule has 2 aromatic rings. The highest BCUT2D eigenvalue weighted by Gasteiger charge is 2.10. The number of aromatic nitrogens is 3. The van der Waals surface area contributed by atoms with Crippen molar-refractivity contribution in [2.75, 3.05) is 5.73 Å². The molecule has 0 aliphatic rings. The second-order valence-corrected chi connectivity index (χ2v) is 4.86.